The molecule has 0 saturated carbocycles. The molecule has 2 aromatic carbocycles. The standard InChI is InChI=1S/C14H9F2N5O/c15-10-6-5-9(7-11(10)16)14(22)18-12-3-1-2-4-13(12)21-8-17-19-20-21/h1-8H,(H,18,22). The van der Waals surface area contributed by atoms with Gasteiger partial charge in [-0.2, -0.15) is 4.68 Å². The van der Waals surface area contributed by atoms with Crippen molar-refractivity contribution in [2.45, 2.75) is 0 Å². The summed E-state index contributed by atoms with van der Waals surface area (Å²) in [6.07, 6.45) is 1.38. The molecule has 1 amide bonds. The van der Waals surface area contributed by atoms with Gasteiger partial charge in [0.25, 0.3) is 5.91 Å². The molecule has 0 atom stereocenters. The fourth-order valence-electron chi connectivity index (χ4n) is 1.88. The highest BCUT2D eigenvalue weighted by atomic mass is 19.2. The first-order valence-corrected chi connectivity index (χ1v) is 6.24. The van der Waals surface area contributed by atoms with Crippen LogP contribution in [0.5, 0.6) is 0 Å². The Balaban J connectivity index is 1.90. The summed E-state index contributed by atoms with van der Waals surface area (Å²) in [5.74, 6) is -2.66. The molecular weight excluding hydrogens is 292 g/mol. The molecule has 0 fully saturated rings. The molecule has 0 aliphatic rings. The molecule has 0 bridgehead atoms. The van der Waals surface area contributed by atoms with E-state index in [4.69, 9.17) is 0 Å². The summed E-state index contributed by atoms with van der Waals surface area (Å²) >= 11 is 0. The molecule has 110 valence electrons. The van der Waals surface area contributed by atoms with Crippen LogP contribution in [-0.4, -0.2) is 26.1 Å². The third-order valence-electron chi connectivity index (χ3n) is 2.93. The average Bonchev–Trinajstić information content (AvgIpc) is 3.04. The molecule has 3 aromatic rings. The highest BCUT2D eigenvalue weighted by Gasteiger charge is 2.12. The SMILES string of the molecule is O=C(Nc1ccccc1-n1cnnn1)c1ccc(F)c(F)c1. The van der Waals surface area contributed by atoms with Crippen molar-refractivity contribution in [3.63, 3.8) is 0 Å². The van der Waals surface area contributed by atoms with Crippen LogP contribution < -0.4 is 5.32 Å². The maximum Gasteiger partial charge on any atom is 0.255 e. The van der Waals surface area contributed by atoms with Gasteiger partial charge in [-0.1, -0.05) is 12.1 Å². The molecule has 3 rings (SSSR count). The number of halogens is 2. The minimum absolute atomic E-state index is 0.00502. The predicted octanol–water partition coefficient (Wildman–Crippen LogP) is 2.19. The second-order valence-electron chi connectivity index (χ2n) is 4.35. The van der Waals surface area contributed by atoms with Crippen molar-refractivity contribution >= 4 is 11.6 Å². The Morgan fingerprint density at radius 2 is 1.91 bits per heavy atom. The van der Waals surface area contributed by atoms with E-state index in [1.807, 2.05) is 0 Å². The van der Waals surface area contributed by atoms with E-state index in [0.29, 0.717) is 11.4 Å². The van der Waals surface area contributed by atoms with Gasteiger partial charge in [-0.3, -0.25) is 4.79 Å². The second kappa shape index (κ2) is 5.68. The molecule has 0 saturated heterocycles. The number of amides is 1. The van der Waals surface area contributed by atoms with Crippen molar-refractivity contribution in [1.82, 2.24) is 20.2 Å². The van der Waals surface area contributed by atoms with Crippen LogP contribution in [0.4, 0.5) is 14.5 Å². The van der Waals surface area contributed by atoms with Crippen LogP contribution in [-0.2, 0) is 0 Å². The van der Waals surface area contributed by atoms with Gasteiger partial charge in [0.2, 0.25) is 0 Å². The number of carbonyl (C=O) groups excluding carboxylic acids is 1. The van der Waals surface area contributed by atoms with E-state index < -0.39 is 17.5 Å². The number of para-hydroxylation sites is 2. The molecule has 22 heavy (non-hydrogen) atoms. The summed E-state index contributed by atoms with van der Waals surface area (Å²) in [4.78, 5) is 12.1. The lowest BCUT2D eigenvalue weighted by atomic mass is 10.2. The van der Waals surface area contributed by atoms with E-state index in [-0.39, 0.29) is 5.56 Å². The number of nitrogens with zero attached hydrogens (tertiary/aromatic N) is 4. The van der Waals surface area contributed by atoms with Crippen LogP contribution >= 0.6 is 0 Å². The number of rotatable bonds is 3. The van der Waals surface area contributed by atoms with Crippen molar-refractivity contribution in [3.05, 3.63) is 66.0 Å². The van der Waals surface area contributed by atoms with Crippen molar-refractivity contribution in [2.75, 3.05) is 5.32 Å². The van der Waals surface area contributed by atoms with Gasteiger partial charge in [0.05, 0.1) is 11.4 Å². The molecule has 0 spiro atoms. The molecule has 8 heteroatoms. The molecule has 1 heterocycles. The number of anilines is 1. The maximum absolute atomic E-state index is 13.2. The molecule has 0 radical (unpaired) electrons. The minimum Gasteiger partial charge on any atom is -0.320 e. The molecule has 0 unspecified atom stereocenters. The van der Waals surface area contributed by atoms with Gasteiger partial charge in [-0.05, 0) is 40.8 Å². The van der Waals surface area contributed by atoms with Crippen molar-refractivity contribution in [2.24, 2.45) is 0 Å². The van der Waals surface area contributed by atoms with Gasteiger partial charge < -0.3 is 5.32 Å². The Morgan fingerprint density at radius 3 is 2.64 bits per heavy atom. The van der Waals surface area contributed by atoms with Crippen LogP contribution in [0.15, 0.2) is 48.8 Å². The number of nitrogens with one attached hydrogen (secondary N) is 1. The van der Waals surface area contributed by atoms with E-state index >= 15 is 0 Å². The van der Waals surface area contributed by atoms with Gasteiger partial charge >= 0.3 is 0 Å². The number of aromatic nitrogens is 4. The van der Waals surface area contributed by atoms with Crippen molar-refractivity contribution in [3.8, 4) is 5.69 Å². The van der Waals surface area contributed by atoms with Gasteiger partial charge in [0, 0.05) is 5.56 Å². The van der Waals surface area contributed by atoms with Gasteiger partial charge in [0.1, 0.15) is 6.33 Å². The Morgan fingerprint density at radius 1 is 1.09 bits per heavy atom. The molecular formula is C14H9F2N5O. The number of hydrogen-bond acceptors (Lipinski definition) is 4. The lowest BCUT2D eigenvalue weighted by molar-refractivity contribution is 0.102. The topological polar surface area (TPSA) is 72.7 Å². The lowest BCUT2D eigenvalue weighted by Gasteiger charge is -2.10. The Labute approximate surface area is 123 Å². The van der Waals surface area contributed by atoms with Crippen LogP contribution in [0.25, 0.3) is 5.69 Å². The zero-order valence-electron chi connectivity index (χ0n) is 11.1. The zero-order valence-corrected chi connectivity index (χ0v) is 11.1. The summed E-state index contributed by atoms with van der Waals surface area (Å²) in [5, 5.41) is 13.4. The summed E-state index contributed by atoms with van der Waals surface area (Å²) in [6.45, 7) is 0. The van der Waals surface area contributed by atoms with Crippen LogP contribution in [0, 0.1) is 11.6 Å². The Kier molecular flexibility index (Phi) is 3.57. The molecule has 1 aromatic heterocycles. The minimum atomic E-state index is -1.08. The second-order valence-corrected chi connectivity index (χ2v) is 4.35. The third kappa shape index (κ3) is 2.66. The quantitative estimate of drug-likeness (QED) is 0.805. The Bertz CT molecular complexity index is 820. The van der Waals surface area contributed by atoms with Gasteiger partial charge in [-0.15, -0.1) is 5.10 Å². The van der Waals surface area contributed by atoms with Crippen LogP contribution in [0.1, 0.15) is 10.4 Å². The van der Waals surface area contributed by atoms with Gasteiger partial charge in [-0.25, -0.2) is 8.78 Å². The van der Waals surface area contributed by atoms with Crippen LogP contribution in [0.3, 0.4) is 0 Å². The third-order valence-corrected chi connectivity index (χ3v) is 2.93. The van der Waals surface area contributed by atoms with Crippen molar-refractivity contribution < 1.29 is 13.6 Å². The number of hydrogen-bond donors (Lipinski definition) is 1. The van der Waals surface area contributed by atoms with Gasteiger partial charge in [0.15, 0.2) is 11.6 Å². The fraction of sp³-hybridized carbons (Fsp3) is 0. The normalized spacial score (nSPS) is 10.5. The first-order valence-electron chi connectivity index (χ1n) is 6.24. The summed E-state index contributed by atoms with van der Waals surface area (Å²) in [7, 11) is 0. The highest BCUT2D eigenvalue weighted by Crippen LogP contribution is 2.19. The largest absolute Gasteiger partial charge is 0.320 e. The first kappa shape index (κ1) is 13.8. The average molecular weight is 301 g/mol. The molecule has 0 aliphatic carbocycles. The van der Waals surface area contributed by atoms with E-state index in [1.165, 1.54) is 17.1 Å². The van der Waals surface area contributed by atoms with E-state index in [0.717, 1.165) is 12.1 Å². The molecule has 1 N–H and O–H groups in total. The predicted molar refractivity (Wildman–Crippen MR) is 73.5 cm³/mol. The molecule has 6 nitrogen and oxygen atoms in total. The fourth-order valence-corrected chi connectivity index (χ4v) is 1.88. The number of carbonyl (C=O) groups is 1. The first-order chi connectivity index (χ1) is 10.6. The van der Waals surface area contributed by atoms with E-state index in [2.05, 4.69) is 20.8 Å². The zero-order chi connectivity index (χ0) is 15.5. The van der Waals surface area contributed by atoms with Crippen molar-refractivity contribution in [1.29, 1.82) is 0 Å². The summed E-state index contributed by atoms with van der Waals surface area (Å²) in [5.41, 5.74) is 0.985. The van der Waals surface area contributed by atoms with Crippen LogP contribution in [0.2, 0.25) is 0 Å². The number of benzene rings is 2. The smallest absolute Gasteiger partial charge is 0.255 e. The summed E-state index contributed by atoms with van der Waals surface area (Å²) < 4.78 is 27.5. The highest BCUT2D eigenvalue weighted by molar-refractivity contribution is 6.05. The molecule has 0 aliphatic heterocycles. The monoisotopic (exact) mass is 301 g/mol. The number of tetrazole rings is 1. The lowest BCUT2D eigenvalue weighted by Crippen LogP contribution is -2.14. The maximum atomic E-state index is 13.2. The summed E-state index contributed by atoms with van der Waals surface area (Å²) in [6, 6.07) is 9.76. The Hall–Kier alpha value is -3.16. The van der Waals surface area contributed by atoms with E-state index in [9.17, 15) is 13.6 Å². The van der Waals surface area contributed by atoms with E-state index in [1.54, 1.807) is 24.3 Å².